The molecule has 0 saturated carbocycles. The Labute approximate surface area is 105 Å². The number of aliphatic hydroxyl groups excluding tert-OH is 1. The number of anilines is 1. The maximum Gasteiger partial charge on any atom is 0.183 e. The number of fused-ring (bicyclic) bond motifs is 1. The highest BCUT2D eigenvalue weighted by atomic mass is 16.3. The van der Waals surface area contributed by atoms with Crippen LogP contribution in [-0.2, 0) is 0 Å². The predicted molar refractivity (Wildman–Crippen MR) is 67.2 cm³/mol. The minimum atomic E-state index is 0.124. The van der Waals surface area contributed by atoms with Crippen LogP contribution in [0.1, 0.15) is 19.3 Å². The SMILES string of the molecule is OC[C@H]1CCCCN1c1ncnc2nccnc12. The van der Waals surface area contributed by atoms with E-state index in [0.29, 0.717) is 11.2 Å². The molecule has 94 valence electrons. The van der Waals surface area contributed by atoms with Crippen LogP contribution >= 0.6 is 0 Å². The minimum absolute atomic E-state index is 0.124. The fourth-order valence-electron chi connectivity index (χ4n) is 2.46. The molecule has 2 aromatic rings. The molecule has 18 heavy (non-hydrogen) atoms. The number of piperidine rings is 1. The molecule has 0 aliphatic carbocycles. The molecule has 1 fully saturated rings. The lowest BCUT2D eigenvalue weighted by Crippen LogP contribution is -2.42. The zero-order valence-corrected chi connectivity index (χ0v) is 10.0. The quantitative estimate of drug-likeness (QED) is 0.842. The summed E-state index contributed by atoms with van der Waals surface area (Å²) in [6, 6.07) is 0.124. The van der Waals surface area contributed by atoms with Crippen molar-refractivity contribution in [1.82, 2.24) is 19.9 Å². The van der Waals surface area contributed by atoms with E-state index in [9.17, 15) is 5.11 Å². The fraction of sp³-hybridized carbons (Fsp3) is 0.500. The molecule has 6 heteroatoms. The molecular formula is C12H15N5O. The van der Waals surface area contributed by atoms with Crippen LogP contribution in [0.2, 0.25) is 0 Å². The molecule has 0 amide bonds. The molecule has 6 nitrogen and oxygen atoms in total. The summed E-state index contributed by atoms with van der Waals surface area (Å²) in [5.74, 6) is 0.784. The van der Waals surface area contributed by atoms with E-state index in [2.05, 4.69) is 24.8 Å². The van der Waals surface area contributed by atoms with E-state index < -0.39 is 0 Å². The molecule has 2 aromatic heterocycles. The van der Waals surface area contributed by atoms with Crippen molar-refractivity contribution in [2.45, 2.75) is 25.3 Å². The Balaban J connectivity index is 2.07. The van der Waals surface area contributed by atoms with Crippen molar-refractivity contribution in [1.29, 1.82) is 0 Å². The third kappa shape index (κ3) is 1.88. The lowest BCUT2D eigenvalue weighted by molar-refractivity contribution is 0.239. The van der Waals surface area contributed by atoms with Crippen molar-refractivity contribution >= 4 is 17.0 Å². The molecule has 0 radical (unpaired) electrons. The molecule has 0 aromatic carbocycles. The first-order chi connectivity index (χ1) is 8.90. The van der Waals surface area contributed by atoms with Gasteiger partial charge in [-0.3, -0.25) is 0 Å². The van der Waals surface area contributed by atoms with Gasteiger partial charge in [-0.25, -0.2) is 19.9 Å². The Hall–Kier alpha value is -1.82. The van der Waals surface area contributed by atoms with E-state index in [1.54, 1.807) is 12.4 Å². The zero-order chi connectivity index (χ0) is 12.4. The molecule has 1 saturated heterocycles. The van der Waals surface area contributed by atoms with Crippen molar-refractivity contribution in [3.63, 3.8) is 0 Å². The highest BCUT2D eigenvalue weighted by Crippen LogP contribution is 2.26. The van der Waals surface area contributed by atoms with Gasteiger partial charge < -0.3 is 10.0 Å². The summed E-state index contributed by atoms with van der Waals surface area (Å²) >= 11 is 0. The van der Waals surface area contributed by atoms with Crippen LogP contribution in [0.4, 0.5) is 5.82 Å². The van der Waals surface area contributed by atoms with Gasteiger partial charge in [0, 0.05) is 18.9 Å². The van der Waals surface area contributed by atoms with E-state index in [0.717, 1.165) is 31.6 Å². The number of rotatable bonds is 2. The summed E-state index contributed by atoms with van der Waals surface area (Å²) in [5.41, 5.74) is 1.31. The van der Waals surface area contributed by atoms with Gasteiger partial charge in [-0.2, -0.15) is 0 Å². The first-order valence-electron chi connectivity index (χ1n) is 6.19. The second kappa shape index (κ2) is 4.81. The van der Waals surface area contributed by atoms with Gasteiger partial charge in [0.1, 0.15) is 6.33 Å². The van der Waals surface area contributed by atoms with E-state index in [1.165, 1.54) is 6.33 Å². The topological polar surface area (TPSA) is 75.0 Å². The minimum Gasteiger partial charge on any atom is -0.394 e. The van der Waals surface area contributed by atoms with E-state index >= 15 is 0 Å². The van der Waals surface area contributed by atoms with E-state index in [4.69, 9.17) is 0 Å². The Morgan fingerprint density at radius 2 is 2.06 bits per heavy atom. The lowest BCUT2D eigenvalue weighted by Gasteiger charge is -2.35. The monoisotopic (exact) mass is 245 g/mol. The number of aliphatic hydroxyl groups is 1. The van der Waals surface area contributed by atoms with Crippen LogP contribution < -0.4 is 4.90 Å². The summed E-state index contributed by atoms with van der Waals surface area (Å²) < 4.78 is 0. The molecule has 0 spiro atoms. The summed E-state index contributed by atoms with van der Waals surface area (Å²) in [5, 5.41) is 9.47. The van der Waals surface area contributed by atoms with Crippen molar-refractivity contribution in [3.05, 3.63) is 18.7 Å². The van der Waals surface area contributed by atoms with Crippen LogP contribution in [-0.4, -0.2) is 44.2 Å². The van der Waals surface area contributed by atoms with Crippen molar-refractivity contribution in [2.24, 2.45) is 0 Å². The van der Waals surface area contributed by atoms with Gasteiger partial charge in [-0.1, -0.05) is 0 Å². The average Bonchev–Trinajstić information content (AvgIpc) is 2.46. The Morgan fingerprint density at radius 1 is 1.17 bits per heavy atom. The Kier molecular flexibility index (Phi) is 3.02. The number of hydrogen-bond acceptors (Lipinski definition) is 6. The maximum absolute atomic E-state index is 9.47. The van der Waals surface area contributed by atoms with Crippen LogP contribution in [0, 0.1) is 0 Å². The standard InChI is InChI=1S/C12H15N5O/c18-7-9-3-1-2-6-17(9)12-10-11(15-8-16-12)14-5-4-13-10/h4-5,8-9,18H,1-3,6-7H2/t9-/m1/s1. The molecule has 3 rings (SSSR count). The summed E-state index contributed by atoms with van der Waals surface area (Å²) in [4.78, 5) is 19.1. The van der Waals surface area contributed by atoms with Crippen molar-refractivity contribution in [2.75, 3.05) is 18.1 Å². The normalized spacial score (nSPS) is 20.3. The maximum atomic E-state index is 9.47. The van der Waals surface area contributed by atoms with Crippen LogP contribution in [0.5, 0.6) is 0 Å². The fourth-order valence-corrected chi connectivity index (χ4v) is 2.46. The number of hydrogen-bond donors (Lipinski definition) is 1. The van der Waals surface area contributed by atoms with E-state index in [1.807, 2.05) is 0 Å². The second-order valence-electron chi connectivity index (χ2n) is 4.45. The molecule has 1 aliphatic heterocycles. The molecule has 1 N–H and O–H groups in total. The van der Waals surface area contributed by atoms with Gasteiger partial charge in [-0.15, -0.1) is 0 Å². The van der Waals surface area contributed by atoms with Gasteiger partial charge >= 0.3 is 0 Å². The molecule has 1 atom stereocenters. The molecule has 0 bridgehead atoms. The first-order valence-corrected chi connectivity index (χ1v) is 6.19. The van der Waals surface area contributed by atoms with Crippen LogP contribution in [0.15, 0.2) is 18.7 Å². The number of aromatic nitrogens is 4. The van der Waals surface area contributed by atoms with Gasteiger partial charge in [0.25, 0.3) is 0 Å². The number of nitrogens with zero attached hydrogens (tertiary/aromatic N) is 5. The zero-order valence-electron chi connectivity index (χ0n) is 10.0. The summed E-state index contributed by atoms with van der Waals surface area (Å²) in [6.07, 6.45) is 8.03. The van der Waals surface area contributed by atoms with Crippen LogP contribution in [0.25, 0.3) is 11.2 Å². The third-order valence-corrected chi connectivity index (χ3v) is 3.36. The van der Waals surface area contributed by atoms with E-state index in [-0.39, 0.29) is 12.6 Å². The molecule has 3 heterocycles. The first kappa shape index (κ1) is 11.3. The summed E-state index contributed by atoms with van der Waals surface area (Å²) in [7, 11) is 0. The van der Waals surface area contributed by atoms with Gasteiger partial charge in [-0.05, 0) is 19.3 Å². The van der Waals surface area contributed by atoms with Crippen LogP contribution in [0.3, 0.4) is 0 Å². The Bertz CT molecular complexity index is 541. The van der Waals surface area contributed by atoms with Crippen molar-refractivity contribution in [3.8, 4) is 0 Å². The second-order valence-corrected chi connectivity index (χ2v) is 4.45. The highest BCUT2D eigenvalue weighted by molar-refractivity contribution is 5.82. The molecule has 1 aliphatic rings. The van der Waals surface area contributed by atoms with Gasteiger partial charge in [0.15, 0.2) is 17.0 Å². The van der Waals surface area contributed by atoms with Gasteiger partial charge in [0.2, 0.25) is 0 Å². The van der Waals surface area contributed by atoms with Gasteiger partial charge in [0.05, 0.1) is 12.6 Å². The molecule has 0 unspecified atom stereocenters. The van der Waals surface area contributed by atoms with Crippen molar-refractivity contribution < 1.29 is 5.11 Å². The smallest absolute Gasteiger partial charge is 0.183 e. The Morgan fingerprint density at radius 3 is 2.94 bits per heavy atom. The third-order valence-electron chi connectivity index (χ3n) is 3.36. The average molecular weight is 245 g/mol. The molecular weight excluding hydrogens is 230 g/mol. The largest absolute Gasteiger partial charge is 0.394 e. The summed E-state index contributed by atoms with van der Waals surface area (Å²) in [6.45, 7) is 1.04. The lowest BCUT2D eigenvalue weighted by atomic mass is 10.0. The highest BCUT2D eigenvalue weighted by Gasteiger charge is 2.25. The predicted octanol–water partition coefficient (Wildman–Crippen LogP) is 0.771.